The van der Waals surface area contributed by atoms with E-state index in [1.807, 2.05) is 31.2 Å². The van der Waals surface area contributed by atoms with Crippen LogP contribution in [0.5, 0.6) is 0 Å². The topological polar surface area (TPSA) is 110 Å². The van der Waals surface area contributed by atoms with Crippen molar-refractivity contribution in [3.63, 3.8) is 0 Å². The quantitative estimate of drug-likeness (QED) is 0.513. The smallest absolute Gasteiger partial charge is 0.319 e. The summed E-state index contributed by atoms with van der Waals surface area (Å²) >= 11 is 2.19. The van der Waals surface area contributed by atoms with Crippen molar-refractivity contribution < 1.29 is 19.1 Å². The molecule has 1 unspecified atom stereocenters. The average molecular weight is 445 g/mol. The molecule has 1 heterocycles. The number of hydrogen-bond acceptors (Lipinski definition) is 8. The van der Waals surface area contributed by atoms with Gasteiger partial charge in [-0.3, -0.25) is 14.4 Å². The molecule has 0 aliphatic carbocycles. The highest BCUT2D eigenvalue weighted by Gasteiger charge is 2.18. The molecular weight excluding hydrogens is 424 g/mol. The van der Waals surface area contributed by atoms with Crippen LogP contribution in [0, 0.1) is 6.92 Å². The van der Waals surface area contributed by atoms with Crippen LogP contribution in [0.1, 0.15) is 12.5 Å². The molecule has 0 saturated heterocycles. The number of carbonyl (C=O) groups excluding carboxylic acids is 3. The Labute approximate surface area is 181 Å². The van der Waals surface area contributed by atoms with Crippen LogP contribution in [0.3, 0.4) is 0 Å². The van der Waals surface area contributed by atoms with E-state index >= 15 is 0 Å². The molecular formula is C20H20N4O4S2. The Kier molecular flexibility index (Phi) is 7.36. The summed E-state index contributed by atoms with van der Waals surface area (Å²) in [5.41, 5.74) is 3.58. The Morgan fingerprint density at radius 3 is 2.60 bits per heavy atom. The van der Waals surface area contributed by atoms with Gasteiger partial charge in [0.25, 0.3) is 5.91 Å². The van der Waals surface area contributed by atoms with E-state index < -0.39 is 23.7 Å². The van der Waals surface area contributed by atoms with Gasteiger partial charge in [0, 0.05) is 5.69 Å². The van der Waals surface area contributed by atoms with E-state index in [1.165, 1.54) is 0 Å². The molecule has 0 aliphatic heterocycles. The maximum Gasteiger partial charge on any atom is 0.319 e. The van der Waals surface area contributed by atoms with Crippen LogP contribution in [0.4, 0.5) is 11.4 Å². The van der Waals surface area contributed by atoms with Gasteiger partial charge in [-0.2, -0.15) is 8.75 Å². The molecule has 8 nitrogen and oxygen atoms in total. The fourth-order valence-corrected chi connectivity index (χ4v) is 3.68. The SMILES string of the molecule is Cc1ccc(NC(=O)CSC(C)C(=O)OCC(=O)Nc2cccc3nsnc23)cc1. The van der Waals surface area contributed by atoms with Crippen molar-refractivity contribution in [3.8, 4) is 0 Å². The summed E-state index contributed by atoms with van der Waals surface area (Å²) < 4.78 is 13.3. The van der Waals surface area contributed by atoms with Crippen LogP contribution in [0.2, 0.25) is 0 Å². The summed E-state index contributed by atoms with van der Waals surface area (Å²) in [5, 5.41) is 4.84. The molecule has 1 aromatic heterocycles. The van der Waals surface area contributed by atoms with Gasteiger partial charge in [0.05, 0.1) is 23.2 Å². The molecule has 30 heavy (non-hydrogen) atoms. The van der Waals surface area contributed by atoms with Crippen molar-refractivity contribution in [1.29, 1.82) is 0 Å². The van der Waals surface area contributed by atoms with Gasteiger partial charge in [-0.05, 0) is 38.1 Å². The molecule has 2 aromatic carbocycles. The zero-order chi connectivity index (χ0) is 21.5. The maximum absolute atomic E-state index is 12.1. The van der Waals surface area contributed by atoms with Crippen LogP contribution in [0.15, 0.2) is 42.5 Å². The third kappa shape index (κ3) is 6.01. The first-order valence-corrected chi connectivity index (χ1v) is 10.9. The molecule has 3 rings (SSSR count). The van der Waals surface area contributed by atoms with Gasteiger partial charge < -0.3 is 15.4 Å². The molecule has 3 aromatic rings. The number of nitrogens with zero attached hydrogens (tertiary/aromatic N) is 2. The fourth-order valence-electron chi connectivity index (χ4n) is 2.45. The molecule has 0 spiro atoms. The van der Waals surface area contributed by atoms with Gasteiger partial charge in [0.2, 0.25) is 5.91 Å². The first-order chi connectivity index (χ1) is 14.4. The van der Waals surface area contributed by atoms with E-state index in [2.05, 4.69) is 19.4 Å². The third-order valence-electron chi connectivity index (χ3n) is 4.04. The molecule has 0 fully saturated rings. The maximum atomic E-state index is 12.1. The van der Waals surface area contributed by atoms with Crippen molar-refractivity contribution in [2.24, 2.45) is 0 Å². The third-order valence-corrected chi connectivity index (χ3v) is 5.70. The number of aryl methyl sites for hydroxylation is 1. The second-order valence-corrected chi connectivity index (χ2v) is 8.32. The molecule has 156 valence electrons. The number of rotatable bonds is 8. The van der Waals surface area contributed by atoms with Gasteiger partial charge in [0.1, 0.15) is 16.3 Å². The molecule has 2 N–H and O–H groups in total. The Morgan fingerprint density at radius 1 is 1.07 bits per heavy atom. The van der Waals surface area contributed by atoms with Crippen LogP contribution < -0.4 is 10.6 Å². The number of amides is 2. The summed E-state index contributed by atoms with van der Waals surface area (Å²) in [7, 11) is 0. The summed E-state index contributed by atoms with van der Waals surface area (Å²) in [6.45, 7) is 3.17. The first-order valence-electron chi connectivity index (χ1n) is 9.08. The van der Waals surface area contributed by atoms with Crippen LogP contribution in [-0.4, -0.2) is 44.1 Å². The number of esters is 1. The summed E-state index contributed by atoms with van der Waals surface area (Å²) in [6, 6.07) is 12.7. The minimum atomic E-state index is -0.590. The molecule has 1 atom stereocenters. The van der Waals surface area contributed by atoms with Crippen molar-refractivity contribution in [2.75, 3.05) is 23.0 Å². The summed E-state index contributed by atoms with van der Waals surface area (Å²) in [6.07, 6.45) is 0. The van der Waals surface area contributed by atoms with E-state index in [0.29, 0.717) is 22.4 Å². The average Bonchev–Trinajstić information content (AvgIpc) is 3.22. The standard InChI is InChI=1S/C20H20N4O4S2/c1-12-6-8-14(9-7-12)21-18(26)11-29-13(2)20(27)28-10-17(25)22-15-4-3-5-16-19(15)24-30-23-16/h3-9,13H,10-11H2,1-2H3,(H,21,26)(H,22,25). The zero-order valence-electron chi connectivity index (χ0n) is 16.4. The Hall–Kier alpha value is -2.98. The number of hydrogen-bond donors (Lipinski definition) is 2. The number of thioether (sulfide) groups is 1. The summed E-state index contributed by atoms with van der Waals surface area (Å²) in [4.78, 5) is 36.2. The predicted octanol–water partition coefficient (Wildman–Crippen LogP) is 3.24. The minimum absolute atomic E-state index is 0.0924. The fraction of sp³-hybridized carbons (Fsp3) is 0.250. The van der Waals surface area contributed by atoms with Crippen molar-refractivity contribution in [3.05, 3.63) is 48.0 Å². The zero-order valence-corrected chi connectivity index (χ0v) is 18.0. The van der Waals surface area contributed by atoms with E-state index in [4.69, 9.17) is 4.74 Å². The molecule has 0 aliphatic rings. The van der Waals surface area contributed by atoms with Crippen LogP contribution in [0.25, 0.3) is 11.0 Å². The van der Waals surface area contributed by atoms with E-state index in [1.54, 1.807) is 25.1 Å². The van der Waals surface area contributed by atoms with E-state index in [9.17, 15) is 14.4 Å². The number of nitrogens with one attached hydrogen (secondary N) is 2. The first kappa shape index (κ1) is 21.7. The highest BCUT2D eigenvalue weighted by Crippen LogP contribution is 2.21. The molecule has 10 heteroatoms. The van der Waals surface area contributed by atoms with Crippen LogP contribution >= 0.6 is 23.5 Å². The van der Waals surface area contributed by atoms with E-state index in [-0.39, 0.29) is 11.7 Å². The number of benzene rings is 2. The lowest BCUT2D eigenvalue weighted by molar-refractivity contribution is -0.146. The van der Waals surface area contributed by atoms with Crippen molar-refractivity contribution in [2.45, 2.75) is 19.1 Å². The van der Waals surface area contributed by atoms with Gasteiger partial charge in [0.15, 0.2) is 6.61 Å². The monoisotopic (exact) mass is 444 g/mol. The second kappa shape index (κ2) is 10.2. The summed E-state index contributed by atoms with van der Waals surface area (Å²) in [5.74, 6) is -1.16. The van der Waals surface area contributed by atoms with Gasteiger partial charge in [-0.25, -0.2) is 0 Å². The Bertz CT molecular complexity index is 1050. The predicted molar refractivity (Wildman–Crippen MR) is 119 cm³/mol. The lowest BCUT2D eigenvalue weighted by Gasteiger charge is -2.12. The molecule has 0 radical (unpaired) electrons. The lowest BCUT2D eigenvalue weighted by Crippen LogP contribution is -2.26. The van der Waals surface area contributed by atoms with Gasteiger partial charge in [-0.15, -0.1) is 11.8 Å². The number of ether oxygens (including phenoxy) is 1. The number of anilines is 2. The number of carbonyl (C=O) groups is 3. The minimum Gasteiger partial charge on any atom is -0.455 e. The van der Waals surface area contributed by atoms with Crippen molar-refractivity contribution >= 4 is 63.7 Å². The van der Waals surface area contributed by atoms with Crippen LogP contribution in [-0.2, 0) is 19.1 Å². The lowest BCUT2D eigenvalue weighted by atomic mass is 10.2. The Balaban J connectivity index is 1.40. The number of fused-ring (bicyclic) bond motifs is 1. The molecule has 2 amide bonds. The molecule has 0 saturated carbocycles. The largest absolute Gasteiger partial charge is 0.455 e. The van der Waals surface area contributed by atoms with Gasteiger partial charge in [-0.1, -0.05) is 23.8 Å². The van der Waals surface area contributed by atoms with E-state index in [0.717, 1.165) is 29.1 Å². The number of aromatic nitrogens is 2. The Morgan fingerprint density at radius 2 is 1.83 bits per heavy atom. The highest BCUT2D eigenvalue weighted by atomic mass is 32.2. The van der Waals surface area contributed by atoms with Crippen molar-refractivity contribution in [1.82, 2.24) is 8.75 Å². The van der Waals surface area contributed by atoms with Gasteiger partial charge >= 0.3 is 5.97 Å². The molecule has 0 bridgehead atoms. The highest BCUT2D eigenvalue weighted by molar-refractivity contribution is 8.01. The normalized spacial score (nSPS) is 11.7. The second-order valence-electron chi connectivity index (χ2n) is 6.46.